The second-order valence-electron chi connectivity index (χ2n) is 7.09. The highest BCUT2D eigenvalue weighted by molar-refractivity contribution is 6.22. The maximum absolute atomic E-state index is 13.0. The maximum Gasteiger partial charge on any atom is 0.261 e. The number of imide groups is 1. The van der Waals surface area contributed by atoms with E-state index in [0.29, 0.717) is 55.8 Å². The Morgan fingerprint density at radius 1 is 1.21 bits per heavy atom. The number of ether oxygens (including phenoxy) is 1. The smallest absolute Gasteiger partial charge is 0.261 e. The Bertz CT molecular complexity index is 965. The molecule has 0 saturated carbocycles. The molecule has 1 aromatic carbocycles. The monoisotopic (exact) mass is 382 g/mol. The molecule has 0 saturated heterocycles. The largest absolute Gasteiger partial charge is 0.385 e. The van der Waals surface area contributed by atoms with Crippen LogP contribution in [0.2, 0.25) is 0 Å². The minimum absolute atomic E-state index is 0.146. The van der Waals surface area contributed by atoms with Gasteiger partial charge in [-0.15, -0.1) is 0 Å². The van der Waals surface area contributed by atoms with Crippen LogP contribution in [0.3, 0.4) is 0 Å². The Labute approximate surface area is 162 Å². The molecule has 0 unspecified atom stereocenters. The Morgan fingerprint density at radius 3 is 2.79 bits per heavy atom. The number of benzene rings is 1. The minimum atomic E-state index is -0.349. The van der Waals surface area contributed by atoms with Gasteiger partial charge in [0.1, 0.15) is 0 Å². The number of fused-ring (bicyclic) bond motifs is 2. The molecule has 0 aliphatic carbocycles. The number of aromatic nitrogens is 2. The first-order valence-corrected chi connectivity index (χ1v) is 9.28. The molecule has 4 rings (SSSR count). The fourth-order valence-corrected chi connectivity index (χ4v) is 3.77. The summed E-state index contributed by atoms with van der Waals surface area (Å²) in [4.78, 5) is 45.5. The molecule has 1 aromatic heterocycles. The van der Waals surface area contributed by atoms with E-state index in [1.165, 1.54) is 4.90 Å². The van der Waals surface area contributed by atoms with Gasteiger partial charge in [0.05, 0.1) is 35.4 Å². The van der Waals surface area contributed by atoms with Crippen molar-refractivity contribution in [2.75, 3.05) is 26.8 Å². The van der Waals surface area contributed by atoms with E-state index in [0.717, 1.165) is 11.4 Å². The van der Waals surface area contributed by atoms with Crippen molar-refractivity contribution in [2.45, 2.75) is 19.4 Å². The molecule has 146 valence electrons. The number of rotatable bonds is 5. The van der Waals surface area contributed by atoms with Crippen LogP contribution in [0.4, 0.5) is 0 Å². The molecular weight excluding hydrogens is 360 g/mol. The van der Waals surface area contributed by atoms with Gasteiger partial charge >= 0.3 is 0 Å². The number of hydrogen-bond donors (Lipinski definition) is 0. The van der Waals surface area contributed by atoms with Crippen LogP contribution in [0, 0.1) is 0 Å². The van der Waals surface area contributed by atoms with E-state index in [-0.39, 0.29) is 17.7 Å². The molecule has 0 spiro atoms. The molecule has 2 aliphatic rings. The van der Waals surface area contributed by atoms with Crippen molar-refractivity contribution in [2.24, 2.45) is 7.05 Å². The van der Waals surface area contributed by atoms with Crippen LogP contribution in [0.25, 0.3) is 0 Å². The molecule has 2 aliphatic heterocycles. The quantitative estimate of drug-likeness (QED) is 0.574. The normalized spacial score (nSPS) is 15.8. The minimum Gasteiger partial charge on any atom is -0.385 e. The van der Waals surface area contributed by atoms with Crippen LogP contribution in [0.5, 0.6) is 0 Å². The number of nitrogens with zero attached hydrogens (tertiary/aromatic N) is 4. The van der Waals surface area contributed by atoms with Gasteiger partial charge in [0.2, 0.25) is 0 Å². The number of carbonyl (C=O) groups excluding carboxylic acids is 3. The van der Waals surface area contributed by atoms with Crippen molar-refractivity contribution < 1.29 is 19.1 Å². The van der Waals surface area contributed by atoms with Gasteiger partial charge in [-0.2, -0.15) is 0 Å². The summed E-state index contributed by atoms with van der Waals surface area (Å²) >= 11 is 0. The fourth-order valence-electron chi connectivity index (χ4n) is 3.77. The zero-order valence-corrected chi connectivity index (χ0v) is 16.0. The predicted octanol–water partition coefficient (Wildman–Crippen LogP) is 1.25. The van der Waals surface area contributed by atoms with Gasteiger partial charge in [0.15, 0.2) is 0 Å². The molecule has 28 heavy (non-hydrogen) atoms. The summed E-state index contributed by atoms with van der Waals surface area (Å²) in [6.45, 7) is 1.84. The molecule has 0 atom stereocenters. The van der Waals surface area contributed by atoms with E-state index < -0.39 is 0 Å². The standard InChI is InChI=1S/C20H22N4O4/c1-22-12-21-16-6-8-23(11-17(16)22)18(25)13-4-5-14-15(10-13)20(27)24(19(14)26)7-3-9-28-2/h4-5,10,12H,3,6-9,11H2,1-2H3. The average molecular weight is 382 g/mol. The van der Waals surface area contributed by atoms with Crippen LogP contribution in [-0.2, 0) is 24.8 Å². The number of amides is 3. The first-order chi connectivity index (χ1) is 13.5. The lowest BCUT2D eigenvalue weighted by atomic mass is 10.0. The number of aryl methyl sites for hydroxylation is 1. The number of imidazole rings is 1. The van der Waals surface area contributed by atoms with Gasteiger partial charge in [0, 0.05) is 45.8 Å². The Kier molecular flexibility index (Phi) is 4.72. The summed E-state index contributed by atoms with van der Waals surface area (Å²) in [6.07, 6.45) is 3.04. The molecule has 2 aromatic rings. The molecule has 8 heteroatoms. The van der Waals surface area contributed by atoms with Gasteiger partial charge in [-0.1, -0.05) is 0 Å². The summed E-state index contributed by atoms with van der Waals surface area (Å²) in [5.41, 5.74) is 3.12. The Balaban J connectivity index is 1.54. The van der Waals surface area contributed by atoms with Crippen molar-refractivity contribution in [3.05, 3.63) is 52.6 Å². The second kappa shape index (κ2) is 7.20. The van der Waals surface area contributed by atoms with Crippen LogP contribution in [0.15, 0.2) is 24.5 Å². The molecule has 0 fully saturated rings. The Morgan fingerprint density at radius 2 is 2.00 bits per heavy atom. The summed E-state index contributed by atoms with van der Waals surface area (Å²) in [5.74, 6) is -0.807. The number of hydrogen-bond acceptors (Lipinski definition) is 5. The summed E-state index contributed by atoms with van der Waals surface area (Å²) in [7, 11) is 3.49. The molecule has 3 amide bonds. The maximum atomic E-state index is 13.0. The third-order valence-corrected chi connectivity index (χ3v) is 5.34. The van der Waals surface area contributed by atoms with Crippen LogP contribution >= 0.6 is 0 Å². The number of carbonyl (C=O) groups is 3. The number of methoxy groups -OCH3 is 1. The van der Waals surface area contributed by atoms with Gasteiger partial charge in [0.25, 0.3) is 17.7 Å². The lowest BCUT2D eigenvalue weighted by molar-refractivity contribution is 0.0638. The van der Waals surface area contributed by atoms with Crippen LogP contribution < -0.4 is 0 Å². The van der Waals surface area contributed by atoms with E-state index >= 15 is 0 Å². The zero-order valence-electron chi connectivity index (χ0n) is 16.0. The molecule has 0 radical (unpaired) electrons. The molecule has 0 N–H and O–H groups in total. The topological polar surface area (TPSA) is 84.7 Å². The van der Waals surface area contributed by atoms with Crippen molar-refractivity contribution in [1.82, 2.24) is 19.4 Å². The molecule has 3 heterocycles. The second-order valence-corrected chi connectivity index (χ2v) is 7.09. The molecule has 0 bridgehead atoms. The van der Waals surface area contributed by atoms with Crippen LogP contribution in [-0.4, -0.2) is 63.9 Å². The van der Waals surface area contributed by atoms with Crippen LogP contribution in [0.1, 0.15) is 48.9 Å². The van der Waals surface area contributed by atoms with Crippen molar-refractivity contribution in [3.63, 3.8) is 0 Å². The third kappa shape index (κ3) is 2.99. The first-order valence-electron chi connectivity index (χ1n) is 9.28. The van der Waals surface area contributed by atoms with Gasteiger partial charge in [-0.25, -0.2) is 4.98 Å². The summed E-state index contributed by atoms with van der Waals surface area (Å²) in [5, 5.41) is 0. The highest BCUT2D eigenvalue weighted by Crippen LogP contribution is 2.26. The SMILES string of the molecule is COCCCN1C(=O)c2ccc(C(=O)N3CCc4ncn(C)c4C3)cc2C1=O. The van der Waals surface area contributed by atoms with E-state index in [2.05, 4.69) is 4.98 Å². The van der Waals surface area contributed by atoms with E-state index in [1.807, 2.05) is 11.6 Å². The average Bonchev–Trinajstić information content (AvgIpc) is 3.20. The Hall–Kier alpha value is -3.00. The zero-order chi connectivity index (χ0) is 19.8. The lowest BCUT2D eigenvalue weighted by Crippen LogP contribution is -2.36. The van der Waals surface area contributed by atoms with Gasteiger partial charge in [-0.05, 0) is 24.6 Å². The highest BCUT2D eigenvalue weighted by atomic mass is 16.5. The summed E-state index contributed by atoms with van der Waals surface area (Å²) < 4.78 is 6.92. The van der Waals surface area contributed by atoms with Crippen molar-refractivity contribution in [1.29, 1.82) is 0 Å². The third-order valence-electron chi connectivity index (χ3n) is 5.34. The van der Waals surface area contributed by atoms with Crippen molar-refractivity contribution >= 4 is 17.7 Å². The van der Waals surface area contributed by atoms with Gasteiger partial charge < -0.3 is 14.2 Å². The van der Waals surface area contributed by atoms with E-state index in [9.17, 15) is 14.4 Å². The fraction of sp³-hybridized carbons (Fsp3) is 0.400. The van der Waals surface area contributed by atoms with E-state index in [4.69, 9.17) is 4.74 Å². The first kappa shape index (κ1) is 18.4. The van der Waals surface area contributed by atoms with Gasteiger partial charge in [-0.3, -0.25) is 19.3 Å². The lowest BCUT2D eigenvalue weighted by Gasteiger charge is -2.27. The van der Waals surface area contributed by atoms with E-state index in [1.54, 1.807) is 36.5 Å². The molecular formula is C20H22N4O4. The van der Waals surface area contributed by atoms with Crippen molar-refractivity contribution in [3.8, 4) is 0 Å². The molecule has 8 nitrogen and oxygen atoms in total. The summed E-state index contributed by atoms with van der Waals surface area (Å²) in [6, 6.07) is 4.76. The predicted molar refractivity (Wildman–Crippen MR) is 100.0 cm³/mol. The highest BCUT2D eigenvalue weighted by Gasteiger charge is 2.36.